The first-order valence-electron chi connectivity index (χ1n) is 13.2. The summed E-state index contributed by atoms with van der Waals surface area (Å²) in [6.45, 7) is 12.8. The van der Waals surface area contributed by atoms with Crippen LogP contribution in [0.25, 0.3) is 27.8 Å². The van der Waals surface area contributed by atoms with Gasteiger partial charge in [-0.2, -0.15) is 5.10 Å². The van der Waals surface area contributed by atoms with E-state index in [2.05, 4.69) is 58.8 Å². The molecule has 0 bridgehead atoms. The Morgan fingerprint density at radius 3 is 2.59 bits per heavy atom. The topological polar surface area (TPSA) is 90.3 Å². The molecule has 1 unspecified atom stereocenters. The highest BCUT2D eigenvalue weighted by atomic mass is 32.2. The summed E-state index contributed by atoms with van der Waals surface area (Å²) in [4.78, 5) is 8.01. The van der Waals surface area contributed by atoms with E-state index in [1.807, 2.05) is 33.0 Å². The van der Waals surface area contributed by atoms with Crippen molar-refractivity contribution in [2.24, 2.45) is 0 Å². The van der Waals surface area contributed by atoms with Crippen molar-refractivity contribution in [3.8, 4) is 17.0 Å². The fourth-order valence-corrected chi connectivity index (χ4v) is 6.52. The molecule has 1 fully saturated rings. The van der Waals surface area contributed by atoms with Crippen LogP contribution in [0.4, 0.5) is 0 Å². The minimum atomic E-state index is -1.05. The molecule has 1 aromatic carbocycles. The minimum absolute atomic E-state index is 0.0812. The molecule has 37 heavy (non-hydrogen) atoms. The van der Waals surface area contributed by atoms with Crippen LogP contribution in [0.5, 0.6) is 5.75 Å². The highest BCUT2D eigenvalue weighted by Crippen LogP contribution is 2.42. The molecule has 5 rings (SSSR count). The predicted molar refractivity (Wildman–Crippen MR) is 152 cm³/mol. The van der Waals surface area contributed by atoms with Crippen molar-refractivity contribution in [2.45, 2.75) is 89.3 Å². The Bertz CT molecular complexity index is 1410. The maximum absolute atomic E-state index is 12.7. The normalized spacial score (nSPS) is 21.7. The minimum Gasteiger partial charge on any atom is -0.598 e. The number of aromatic amines is 1. The lowest BCUT2D eigenvalue weighted by molar-refractivity contribution is 0.269. The van der Waals surface area contributed by atoms with Crippen LogP contribution in [0, 0.1) is 0 Å². The molecule has 1 atom stereocenters. The fraction of sp³-hybridized carbons (Fsp3) is 0.517. The highest BCUT2D eigenvalue weighted by Gasteiger charge is 2.39. The zero-order valence-electron chi connectivity index (χ0n) is 23.0. The Hall–Kier alpha value is -2.55. The van der Waals surface area contributed by atoms with Gasteiger partial charge in [0.25, 0.3) is 0 Å². The smallest absolute Gasteiger partial charge is 0.197 e. The van der Waals surface area contributed by atoms with Crippen LogP contribution in [-0.4, -0.2) is 41.5 Å². The number of fused-ring (bicyclic) bond motifs is 2. The molecule has 8 heteroatoms. The number of hydrogen-bond acceptors (Lipinski definition) is 5. The maximum Gasteiger partial charge on any atom is 0.197 e. The zero-order chi connectivity index (χ0) is 26.5. The monoisotopic (exact) mass is 521 g/mol. The second kappa shape index (κ2) is 9.64. The van der Waals surface area contributed by atoms with Gasteiger partial charge in [-0.15, -0.1) is 4.72 Å². The van der Waals surface area contributed by atoms with E-state index >= 15 is 0 Å². The molecule has 7 nitrogen and oxygen atoms in total. The Morgan fingerprint density at radius 2 is 1.95 bits per heavy atom. The van der Waals surface area contributed by atoms with Gasteiger partial charge in [-0.3, -0.25) is 0 Å². The molecule has 1 aliphatic carbocycles. The number of H-pyrrole nitrogens is 1. The molecule has 198 valence electrons. The average molecular weight is 522 g/mol. The number of nitrogens with zero attached hydrogens (tertiary/aromatic N) is 3. The summed E-state index contributed by atoms with van der Waals surface area (Å²) in [7, 11) is 1.67. The number of hydrogen-bond donors (Lipinski definition) is 2. The standard InChI is InChI=1S/C29H39N5O2S/c1-18(2)25-22-14-20(19-10-12-29(6,13-11-19)33-37(35)28(3,4)5)8-9-23(22)32-26(25)21-15-24(36-7)27-30-17-31-34(27)16-21/h8-9,14-19,32-33H,10-13H2,1-7H3. The van der Waals surface area contributed by atoms with Crippen LogP contribution in [0.3, 0.4) is 0 Å². The second-order valence-corrected chi connectivity index (χ2v) is 14.0. The van der Waals surface area contributed by atoms with Gasteiger partial charge in [0.2, 0.25) is 0 Å². The fourth-order valence-electron chi connectivity index (χ4n) is 5.56. The first kappa shape index (κ1) is 26.1. The third-order valence-electron chi connectivity index (χ3n) is 7.75. The van der Waals surface area contributed by atoms with Gasteiger partial charge in [0.1, 0.15) is 11.1 Å². The van der Waals surface area contributed by atoms with Crippen molar-refractivity contribution in [1.82, 2.24) is 24.3 Å². The number of pyridine rings is 1. The average Bonchev–Trinajstić information content (AvgIpc) is 3.47. The maximum atomic E-state index is 12.7. The summed E-state index contributed by atoms with van der Waals surface area (Å²) in [6, 6.07) is 8.94. The SMILES string of the molecule is COc1cc(-c2[nH]c3ccc(C4CCC(C)(N[S+]([O-])C(C)(C)C)CC4)cc3c2C(C)C)cn2ncnc12. The van der Waals surface area contributed by atoms with Gasteiger partial charge in [0, 0.05) is 34.0 Å². The Labute approximate surface area is 222 Å². The summed E-state index contributed by atoms with van der Waals surface area (Å²) in [5.74, 6) is 1.55. The number of rotatable bonds is 6. The molecule has 0 saturated heterocycles. The van der Waals surface area contributed by atoms with E-state index in [9.17, 15) is 4.55 Å². The number of benzene rings is 1. The molecule has 1 saturated carbocycles. The lowest BCUT2D eigenvalue weighted by atomic mass is 9.75. The summed E-state index contributed by atoms with van der Waals surface area (Å²) < 4.78 is 23.3. The van der Waals surface area contributed by atoms with Crippen molar-refractivity contribution < 1.29 is 9.29 Å². The molecule has 0 spiro atoms. The summed E-state index contributed by atoms with van der Waals surface area (Å²) in [5.41, 5.74) is 6.60. The van der Waals surface area contributed by atoms with Crippen LogP contribution in [0.2, 0.25) is 0 Å². The third kappa shape index (κ3) is 4.99. The van der Waals surface area contributed by atoms with Crippen molar-refractivity contribution >= 4 is 27.9 Å². The van der Waals surface area contributed by atoms with Gasteiger partial charge in [0.15, 0.2) is 11.4 Å². The molecule has 4 aromatic rings. The summed E-state index contributed by atoms with van der Waals surface area (Å²) in [6.07, 6.45) is 7.78. The van der Waals surface area contributed by atoms with Gasteiger partial charge in [0.05, 0.1) is 18.3 Å². The van der Waals surface area contributed by atoms with Gasteiger partial charge in [-0.05, 0) is 94.5 Å². The molecule has 3 heterocycles. The largest absolute Gasteiger partial charge is 0.598 e. The van der Waals surface area contributed by atoms with E-state index < -0.39 is 11.4 Å². The lowest BCUT2D eigenvalue weighted by Gasteiger charge is -2.39. The number of nitrogens with one attached hydrogen (secondary N) is 2. The number of methoxy groups -OCH3 is 1. The van der Waals surface area contributed by atoms with Crippen molar-refractivity contribution in [2.75, 3.05) is 7.11 Å². The van der Waals surface area contributed by atoms with Crippen molar-refractivity contribution in [3.05, 3.63) is 47.9 Å². The molecule has 0 aliphatic heterocycles. The van der Waals surface area contributed by atoms with E-state index in [-0.39, 0.29) is 10.3 Å². The molecule has 1 aliphatic rings. The van der Waals surface area contributed by atoms with E-state index in [4.69, 9.17) is 4.74 Å². The Morgan fingerprint density at radius 1 is 1.22 bits per heavy atom. The van der Waals surface area contributed by atoms with Gasteiger partial charge >= 0.3 is 0 Å². The van der Waals surface area contributed by atoms with Crippen LogP contribution in [-0.2, 0) is 11.4 Å². The van der Waals surface area contributed by atoms with Crippen LogP contribution < -0.4 is 9.46 Å². The lowest BCUT2D eigenvalue weighted by Crippen LogP contribution is -2.53. The molecular formula is C29H39N5O2S. The molecular weight excluding hydrogens is 482 g/mol. The zero-order valence-corrected chi connectivity index (χ0v) is 23.8. The van der Waals surface area contributed by atoms with E-state index in [1.54, 1.807) is 18.0 Å². The van der Waals surface area contributed by atoms with Crippen LogP contribution in [0.1, 0.15) is 90.2 Å². The summed E-state index contributed by atoms with van der Waals surface area (Å²) in [5, 5.41) is 5.63. The first-order valence-corrected chi connectivity index (χ1v) is 14.4. The summed E-state index contributed by atoms with van der Waals surface area (Å²) >= 11 is -1.05. The molecule has 0 radical (unpaired) electrons. The number of aromatic nitrogens is 4. The first-order chi connectivity index (χ1) is 17.5. The van der Waals surface area contributed by atoms with Gasteiger partial charge in [-0.1, -0.05) is 19.9 Å². The Balaban J connectivity index is 1.45. The van der Waals surface area contributed by atoms with Crippen LogP contribution in [0.15, 0.2) is 36.8 Å². The Kier molecular flexibility index (Phi) is 6.79. The number of ether oxygens (including phenoxy) is 1. The predicted octanol–water partition coefficient (Wildman–Crippen LogP) is 6.48. The van der Waals surface area contributed by atoms with E-state index in [0.29, 0.717) is 23.2 Å². The van der Waals surface area contributed by atoms with Crippen molar-refractivity contribution in [1.29, 1.82) is 0 Å². The second-order valence-electron chi connectivity index (χ2n) is 12.0. The quantitative estimate of drug-likeness (QED) is 0.284. The van der Waals surface area contributed by atoms with E-state index in [0.717, 1.165) is 42.5 Å². The molecule has 0 amide bonds. The van der Waals surface area contributed by atoms with Gasteiger partial charge < -0.3 is 14.3 Å². The van der Waals surface area contributed by atoms with Crippen LogP contribution >= 0.6 is 0 Å². The third-order valence-corrected chi connectivity index (χ3v) is 9.54. The van der Waals surface area contributed by atoms with E-state index in [1.165, 1.54) is 16.5 Å². The van der Waals surface area contributed by atoms with Crippen molar-refractivity contribution in [3.63, 3.8) is 0 Å². The highest BCUT2D eigenvalue weighted by molar-refractivity contribution is 7.90. The van der Waals surface area contributed by atoms with Gasteiger partial charge in [-0.25, -0.2) is 9.50 Å². The molecule has 3 aromatic heterocycles. The molecule has 2 N–H and O–H groups in total.